The van der Waals surface area contributed by atoms with Crippen LogP contribution in [0.2, 0.25) is 0 Å². The van der Waals surface area contributed by atoms with Crippen molar-refractivity contribution in [2.45, 2.75) is 66.0 Å². The lowest BCUT2D eigenvalue weighted by Crippen LogP contribution is -2.36. The molecule has 3 nitrogen and oxygen atoms in total. The number of likely N-dealkylation sites (N-methyl/N-ethyl adjacent to an activating group) is 1. The van der Waals surface area contributed by atoms with Crippen LogP contribution in [0.3, 0.4) is 0 Å². The van der Waals surface area contributed by atoms with E-state index < -0.39 is 0 Å². The van der Waals surface area contributed by atoms with E-state index in [4.69, 9.17) is 4.74 Å². The first-order valence-electron chi connectivity index (χ1n) is 7.48. The van der Waals surface area contributed by atoms with E-state index in [-0.39, 0.29) is 5.54 Å². The first-order chi connectivity index (χ1) is 8.39. The molecule has 0 bridgehead atoms. The summed E-state index contributed by atoms with van der Waals surface area (Å²) in [6.45, 7) is 18.4. The minimum absolute atomic E-state index is 0.229. The minimum atomic E-state index is 0.229. The van der Waals surface area contributed by atoms with Gasteiger partial charge in [0.05, 0.1) is 12.7 Å². The monoisotopic (exact) mass is 258 g/mol. The molecule has 3 heteroatoms. The fraction of sp³-hybridized carbons (Fsp3) is 1.00. The lowest BCUT2D eigenvalue weighted by molar-refractivity contribution is 0.0438. The van der Waals surface area contributed by atoms with E-state index >= 15 is 0 Å². The Morgan fingerprint density at radius 1 is 1.17 bits per heavy atom. The highest BCUT2D eigenvalue weighted by molar-refractivity contribution is 4.70. The highest BCUT2D eigenvalue weighted by atomic mass is 16.5. The molecule has 0 aromatic rings. The lowest BCUT2D eigenvalue weighted by Gasteiger charge is -2.22. The van der Waals surface area contributed by atoms with Crippen molar-refractivity contribution in [3.8, 4) is 0 Å². The van der Waals surface area contributed by atoms with Gasteiger partial charge in [-0.2, -0.15) is 0 Å². The molecule has 0 rings (SSSR count). The van der Waals surface area contributed by atoms with Crippen molar-refractivity contribution in [2.24, 2.45) is 0 Å². The third kappa shape index (κ3) is 11.0. The summed E-state index contributed by atoms with van der Waals surface area (Å²) in [7, 11) is 0. The van der Waals surface area contributed by atoms with Crippen molar-refractivity contribution < 1.29 is 4.74 Å². The fourth-order valence-corrected chi connectivity index (χ4v) is 1.86. The van der Waals surface area contributed by atoms with Crippen molar-refractivity contribution in [3.63, 3.8) is 0 Å². The zero-order chi connectivity index (χ0) is 14.0. The summed E-state index contributed by atoms with van der Waals surface area (Å²) >= 11 is 0. The summed E-state index contributed by atoms with van der Waals surface area (Å²) in [4.78, 5) is 2.40. The molecule has 0 aromatic carbocycles. The summed E-state index contributed by atoms with van der Waals surface area (Å²) in [5, 5.41) is 3.51. The number of hydrogen-bond acceptors (Lipinski definition) is 3. The Bertz CT molecular complexity index is 185. The third-order valence-electron chi connectivity index (χ3n) is 3.15. The van der Waals surface area contributed by atoms with Crippen LogP contribution in [0, 0.1) is 0 Å². The van der Waals surface area contributed by atoms with Gasteiger partial charge in [-0.15, -0.1) is 0 Å². The highest BCUT2D eigenvalue weighted by Gasteiger charge is 2.08. The largest absolute Gasteiger partial charge is 0.377 e. The maximum absolute atomic E-state index is 5.84. The summed E-state index contributed by atoms with van der Waals surface area (Å²) in [5.74, 6) is 0. The lowest BCUT2D eigenvalue weighted by atomic mass is 10.1. The molecule has 0 aliphatic carbocycles. The van der Waals surface area contributed by atoms with Gasteiger partial charge in [-0.3, -0.25) is 0 Å². The van der Waals surface area contributed by atoms with Crippen molar-refractivity contribution in [1.29, 1.82) is 0 Å². The predicted molar refractivity (Wildman–Crippen MR) is 80.2 cm³/mol. The van der Waals surface area contributed by atoms with Crippen LogP contribution in [-0.2, 0) is 4.74 Å². The molecule has 0 fully saturated rings. The number of hydrogen-bond donors (Lipinski definition) is 1. The van der Waals surface area contributed by atoms with Gasteiger partial charge in [0.2, 0.25) is 0 Å². The summed E-state index contributed by atoms with van der Waals surface area (Å²) in [6.07, 6.45) is 2.70. The smallest absolute Gasteiger partial charge is 0.0597 e. The van der Waals surface area contributed by atoms with Crippen LogP contribution in [0.5, 0.6) is 0 Å². The van der Waals surface area contributed by atoms with Crippen LogP contribution < -0.4 is 5.32 Å². The summed E-state index contributed by atoms with van der Waals surface area (Å²) in [5.41, 5.74) is 0.229. The summed E-state index contributed by atoms with van der Waals surface area (Å²) in [6, 6.07) is 0. The van der Waals surface area contributed by atoms with Gasteiger partial charge in [0, 0.05) is 12.1 Å². The first-order valence-corrected chi connectivity index (χ1v) is 7.48. The predicted octanol–water partition coefficient (Wildman–Crippen LogP) is 2.90. The molecule has 18 heavy (non-hydrogen) atoms. The molecule has 0 aromatic heterocycles. The van der Waals surface area contributed by atoms with Crippen LogP contribution >= 0.6 is 0 Å². The first kappa shape index (κ1) is 17.9. The van der Waals surface area contributed by atoms with Crippen LogP contribution in [0.15, 0.2) is 0 Å². The van der Waals surface area contributed by atoms with Gasteiger partial charge in [0.15, 0.2) is 0 Å². The molecule has 0 heterocycles. The molecule has 1 unspecified atom stereocenters. The molecule has 0 aliphatic rings. The van der Waals surface area contributed by atoms with Crippen molar-refractivity contribution in [3.05, 3.63) is 0 Å². The SMILES string of the molecule is CCN(CC)CCOC(C)CCCNC(C)(C)C. The Labute approximate surface area is 114 Å². The Morgan fingerprint density at radius 3 is 2.28 bits per heavy atom. The maximum atomic E-state index is 5.84. The second-order valence-electron chi connectivity index (χ2n) is 6.03. The average molecular weight is 258 g/mol. The Balaban J connectivity index is 3.45. The molecular formula is C15H34N2O. The third-order valence-corrected chi connectivity index (χ3v) is 3.15. The molecular weight excluding hydrogens is 224 g/mol. The molecule has 0 amide bonds. The van der Waals surface area contributed by atoms with Crippen molar-refractivity contribution >= 4 is 0 Å². The van der Waals surface area contributed by atoms with Crippen LogP contribution in [0.25, 0.3) is 0 Å². The molecule has 0 spiro atoms. The van der Waals surface area contributed by atoms with Crippen LogP contribution in [0.1, 0.15) is 54.4 Å². The molecule has 0 aliphatic heterocycles. The van der Waals surface area contributed by atoms with Gasteiger partial charge in [-0.05, 0) is 60.2 Å². The van der Waals surface area contributed by atoms with Gasteiger partial charge in [0.1, 0.15) is 0 Å². The molecule has 0 radical (unpaired) electrons. The van der Waals surface area contributed by atoms with E-state index in [0.717, 1.165) is 39.2 Å². The fourth-order valence-electron chi connectivity index (χ4n) is 1.86. The molecule has 1 N–H and O–H groups in total. The molecule has 1 atom stereocenters. The van der Waals surface area contributed by atoms with E-state index in [0.29, 0.717) is 6.10 Å². The Kier molecular flexibility index (Phi) is 9.70. The Hall–Kier alpha value is -0.120. The average Bonchev–Trinajstić information content (AvgIpc) is 2.29. The maximum Gasteiger partial charge on any atom is 0.0597 e. The van der Waals surface area contributed by atoms with Crippen molar-refractivity contribution in [2.75, 3.05) is 32.8 Å². The summed E-state index contributed by atoms with van der Waals surface area (Å²) < 4.78 is 5.84. The number of ether oxygens (including phenoxy) is 1. The quantitative estimate of drug-likeness (QED) is 0.610. The number of rotatable bonds is 10. The normalized spacial score (nSPS) is 14.2. The van der Waals surface area contributed by atoms with Gasteiger partial charge < -0.3 is 15.0 Å². The second kappa shape index (κ2) is 9.76. The standard InChI is InChI=1S/C15H34N2O/c1-7-17(8-2)12-13-18-14(3)10-9-11-16-15(4,5)6/h14,16H,7-13H2,1-6H3. The van der Waals surface area contributed by atoms with Gasteiger partial charge >= 0.3 is 0 Å². The minimum Gasteiger partial charge on any atom is -0.377 e. The molecule has 0 saturated heterocycles. The van der Waals surface area contributed by atoms with E-state index in [9.17, 15) is 0 Å². The van der Waals surface area contributed by atoms with Crippen LogP contribution in [-0.4, -0.2) is 49.3 Å². The zero-order valence-corrected chi connectivity index (χ0v) is 13.4. The molecule has 110 valence electrons. The Morgan fingerprint density at radius 2 is 1.78 bits per heavy atom. The topological polar surface area (TPSA) is 24.5 Å². The van der Waals surface area contributed by atoms with E-state index in [1.807, 2.05) is 0 Å². The van der Waals surface area contributed by atoms with Crippen LogP contribution in [0.4, 0.5) is 0 Å². The highest BCUT2D eigenvalue weighted by Crippen LogP contribution is 2.03. The number of nitrogens with zero attached hydrogens (tertiary/aromatic N) is 1. The van der Waals surface area contributed by atoms with Gasteiger partial charge in [0.25, 0.3) is 0 Å². The van der Waals surface area contributed by atoms with Gasteiger partial charge in [-0.25, -0.2) is 0 Å². The number of nitrogens with one attached hydrogen (secondary N) is 1. The van der Waals surface area contributed by atoms with E-state index in [2.05, 4.69) is 51.8 Å². The second-order valence-corrected chi connectivity index (χ2v) is 6.03. The van der Waals surface area contributed by atoms with E-state index in [1.54, 1.807) is 0 Å². The van der Waals surface area contributed by atoms with Crippen molar-refractivity contribution in [1.82, 2.24) is 10.2 Å². The van der Waals surface area contributed by atoms with Gasteiger partial charge in [-0.1, -0.05) is 13.8 Å². The van der Waals surface area contributed by atoms with E-state index in [1.165, 1.54) is 6.42 Å². The zero-order valence-electron chi connectivity index (χ0n) is 13.4. The molecule has 0 saturated carbocycles.